The van der Waals surface area contributed by atoms with Crippen molar-refractivity contribution in [1.82, 2.24) is 15.2 Å². The van der Waals surface area contributed by atoms with Crippen LogP contribution in [0, 0.1) is 0 Å². The van der Waals surface area contributed by atoms with Gasteiger partial charge in [0, 0.05) is 31.2 Å². The molecule has 0 unspecified atom stereocenters. The molecule has 0 aliphatic rings. The minimum absolute atomic E-state index is 0.0469. The third-order valence-corrected chi connectivity index (χ3v) is 3.49. The van der Waals surface area contributed by atoms with Gasteiger partial charge < -0.3 is 10.6 Å². The Kier molecular flexibility index (Phi) is 6.67. The normalized spacial score (nSPS) is 10.7. The number of amides is 1. The van der Waals surface area contributed by atoms with E-state index < -0.39 is 0 Å². The van der Waals surface area contributed by atoms with Crippen LogP contribution >= 0.6 is 11.3 Å². The maximum Gasteiger partial charge on any atom is 0.233 e. The first-order valence-corrected chi connectivity index (χ1v) is 7.12. The number of aromatic nitrogens is 1. The van der Waals surface area contributed by atoms with Crippen LogP contribution < -0.4 is 10.6 Å². The van der Waals surface area contributed by atoms with Crippen molar-refractivity contribution in [3.05, 3.63) is 11.1 Å². The summed E-state index contributed by atoms with van der Waals surface area (Å²) in [6.45, 7) is 7.19. The van der Waals surface area contributed by atoms with Crippen LogP contribution in [0.5, 0.6) is 0 Å². The Balaban J connectivity index is 2.48. The van der Waals surface area contributed by atoms with Crippen LogP contribution in [0.25, 0.3) is 0 Å². The third-order valence-electron chi connectivity index (χ3n) is 2.55. The molecule has 0 saturated heterocycles. The van der Waals surface area contributed by atoms with E-state index in [4.69, 9.17) is 0 Å². The Bertz CT molecular complexity index is 367. The minimum atomic E-state index is 0.0469. The van der Waals surface area contributed by atoms with Crippen LogP contribution in [0.15, 0.2) is 6.20 Å². The molecule has 5 nitrogen and oxygen atoms in total. The van der Waals surface area contributed by atoms with E-state index >= 15 is 0 Å². The fraction of sp³-hybridized carbons (Fsp3) is 0.667. The zero-order chi connectivity index (χ0) is 13.4. The van der Waals surface area contributed by atoms with E-state index in [0.717, 1.165) is 31.2 Å². The Labute approximate surface area is 113 Å². The monoisotopic (exact) mass is 270 g/mol. The number of carbonyl (C=O) groups is 1. The number of likely N-dealkylation sites (N-methyl/N-ethyl adjacent to an activating group) is 2. The topological polar surface area (TPSA) is 57.3 Å². The summed E-state index contributed by atoms with van der Waals surface area (Å²) in [5, 5.41) is 6.87. The Morgan fingerprint density at radius 3 is 2.89 bits per heavy atom. The quantitative estimate of drug-likeness (QED) is 0.752. The van der Waals surface area contributed by atoms with Crippen molar-refractivity contribution in [3.63, 3.8) is 0 Å². The Morgan fingerprint density at radius 2 is 2.28 bits per heavy atom. The second kappa shape index (κ2) is 8.05. The maximum atomic E-state index is 11.3. The summed E-state index contributed by atoms with van der Waals surface area (Å²) in [5.41, 5.74) is 0. The number of anilines is 1. The summed E-state index contributed by atoms with van der Waals surface area (Å²) < 4.78 is 0. The molecule has 1 amide bonds. The van der Waals surface area contributed by atoms with Gasteiger partial charge in [0.05, 0.1) is 6.54 Å². The molecule has 1 rings (SSSR count). The summed E-state index contributed by atoms with van der Waals surface area (Å²) in [5.74, 6) is 0.0469. The highest BCUT2D eigenvalue weighted by Crippen LogP contribution is 2.19. The van der Waals surface area contributed by atoms with Crippen molar-refractivity contribution in [3.8, 4) is 0 Å². The first kappa shape index (κ1) is 14.9. The van der Waals surface area contributed by atoms with Gasteiger partial charge >= 0.3 is 0 Å². The highest BCUT2D eigenvalue weighted by molar-refractivity contribution is 7.15. The molecule has 0 aromatic carbocycles. The zero-order valence-corrected chi connectivity index (χ0v) is 12.1. The summed E-state index contributed by atoms with van der Waals surface area (Å²) >= 11 is 1.66. The lowest BCUT2D eigenvalue weighted by Gasteiger charge is -2.17. The number of carbonyl (C=O) groups excluding carboxylic acids is 1. The molecule has 1 heterocycles. The van der Waals surface area contributed by atoms with Crippen LogP contribution in [-0.4, -0.2) is 42.5 Å². The molecule has 6 heteroatoms. The molecule has 0 saturated carbocycles. The van der Waals surface area contributed by atoms with Crippen LogP contribution in [0.1, 0.15) is 25.1 Å². The fourth-order valence-electron chi connectivity index (χ4n) is 1.48. The molecule has 0 aliphatic heterocycles. The van der Waals surface area contributed by atoms with Crippen LogP contribution in [0.3, 0.4) is 0 Å². The number of thiazole rings is 1. The first-order valence-electron chi connectivity index (χ1n) is 6.31. The van der Waals surface area contributed by atoms with E-state index in [-0.39, 0.29) is 5.91 Å². The van der Waals surface area contributed by atoms with Crippen LogP contribution in [0.2, 0.25) is 0 Å². The standard InChI is InChI=1S/C12H22N4OS/c1-4-6-14-12-15-7-10(18-12)8-16(5-2)9-11(17)13-3/h7H,4-6,8-9H2,1-3H3,(H,13,17)(H,14,15). The highest BCUT2D eigenvalue weighted by atomic mass is 32.1. The molecule has 0 atom stereocenters. The van der Waals surface area contributed by atoms with Gasteiger partial charge in [-0.05, 0) is 13.0 Å². The number of nitrogens with zero attached hydrogens (tertiary/aromatic N) is 2. The lowest BCUT2D eigenvalue weighted by molar-refractivity contribution is -0.121. The molecule has 1 aromatic heterocycles. The van der Waals surface area contributed by atoms with Crippen LogP contribution in [-0.2, 0) is 11.3 Å². The first-order chi connectivity index (χ1) is 8.69. The lowest BCUT2D eigenvalue weighted by Crippen LogP contribution is -2.34. The van der Waals surface area contributed by atoms with E-state index in [1.165, 1.54) is 4.88 Å². The van der Waals surface area contributed by atoms with Crippen molar-refractivity contribution in [1.29, 1.82) is 0 Å². The number of nitrogens with one attached hydrogen (secondary N) is 2. The van der Waals surface area contributed by atoms with Gasteiger partial charge in [-0.15, -0.1) is 11.3 Å². The smallest absolute Gasteiger partial charge is 0.233 e. The molecule has 0 fully saturated rings. The molecule has 1 aromatic rings. The van der Waals surface area contributed by atoms with Gasteiger partial charge in [0.25, 0.3) is 0 Å². The second-order valence-electron chi connectivity index (χ2n) is 4.03. The average Bonchev–Trinajstić information content (AvgIpc) is 2.82. The Morgan fingerprint density at radius 1 is 1.50 bits per heavy atom. The number of hydrogen-bond acceptors (Lipinski definition) is 5. The number of hydrogen-bond donors (Lipinski definition) is 2. The van der Waals surface area contributed by atoms with Crippen molar-refractivity contribution in [2.45, 2.75) is 26.8 Å². The van der Waals surface area contributed by atoms with Crippen LogP contribution in [0.4, 0.5) is 5.13 Å². The van der Waals surface area contributed by atoms with Gasteiger partial charge in [0.15, 0.2) is 5.13 Å². The summed E-state index contributed by atoms with van der Waals surface area (Å²) in [6.07, 6.45) is 2.97. The molecule has 0 spiro atoms. The average molecular weight is 270 g/mol. The maximum absolute atomic E-state index is 11.3. The second-order valence-corrected chi connectivity index (χ2v) is 5.15. The predicted molar refractivity (Wildman–Crippen MR) is 75.9 cm³/mol. The highest BCUT2D eigenvalue weighted by Gasteiger charge is 2.10. The number of rotatable bonds is 8. The fourth-order valence-corrected chi connectivity index (χ4v) is 2.36. The van der Waals surface area contributed by atoms with E-state index in [0.29, 0.717) is 6.54 Å². The van der Waals surface area contributed by atoms with Gasteiger partial charge in [0.1, 0.15) is 0 Å². The van der Waals surface area contributed by atoms with Gasteiger partial charge in [-0.1, -0.05) is 13.8 Å². The summed E-state index contributed by atoms with van der Waals surface area (Å²) in [7, 11) is 1.66. The summed E-state index contributed by atoms with van der Waals surface area (Å²) in [6, 6.07) is 0. The molecular formula is C12H22N4OS. The van der Waals surface area contributed by atoms with Gasteiger partial charge in [-0.3, -0.25) is 9.69 Å². The van der Waals surface area contributed by atoms with Crippen molar-refractivity contribution in [2.75, 3.05) is 32.0 Å². The predicted octanol–water partition coefficient (Wildman–Crippen LogP) is 1.53. The molecule has 102 valence electrons. The molecule has 0 bridgehead atoms. The lowest BCUT2D eigenvalue weighted by atomic mass is 10.4. The van der Waals surface area contributed by atoms with Gasteiger partial charge in [-0.25, -0.2) is 4.98 Å². The summed E-state index contributed by atoms with van der Waals surface area (Å²) in [4.78, 5) is 18.9. The molecular weight excluding hydrogens is 248 g/mol. The van der Waals surface area contributed by atoms with Crippen molar-refractivity contribution >= 4 is 22.4 Å². The van der Waals surface area contributed by atoms with E-state index in [9.17, 15) is 4.79 Å². The molecule has 2 N–H and O–H groups in total. The zero-order valence-electron chi connectivity index (χ0n) is 11.3. The largest absolute Gasteiger partial charge is 0.362 e. The van der Waals surface area contributed by atoms with Gasteiger partial charge in [0.2, 0.25) is 5.91 Å². The van der Waals surface area contributed by atoms with E-state index in [2.05, 4.69) is 34.4 Å². The van der Waals surface area contributed by atoms with Gasteiger partial charge in [-0.2, -0.15) is 0 Å². The molecule has 0 radical (unpaired) electrons. The minimum Gasteiger partial charge on any atom is -0.362 e. The molecule has 18 heavy (non-hydrogen) atoms. The molecule has 0 aliphatic carbocycles. The third kappa shape index (κ3) is 5.01. The van der Waals surface area contributed by atoms with E-state index in [1.807, 2.05) is 6.20 Å². The van der Waals surface area contributed by atoms with Crippen molar-refractivity contribution < 1.29 is 4.79 Å². The van der Waals surface area contributed by atoms with E-state index in [1.54, 1.807) is 18.4 Å². The Hall–Kier alpha value is -1.14. The van der Waals surface area contributed by atoms with Crippen molar-refractivity contribution in [2.24, 2.45) is 0 Å². The SMILES string of the molecule is CCCNc1ncc(CN(CC)CC(=O)NC)s1.